The van der Waals surface area contributed by atoms with Crippen LogP contribution in [0.3, 0.4) is 0 Å². The summed E-state index contributed by atoms with van der Waals surface area (Å²) in [7, 11) is 1.79. The van der Waals surface area contributed by atoms with Gasteiger partial charge in [-0.25, -0.2) is 4.79 Å². The van der Waals surface area contributed by atoms with Gasteiger partial charge in [0.2, 0.25) is 0 Å². The van der Waals surface area contributed by atoms with E-state index in [0.29, 0.717) is 25.8 Å². The van der Waals surface area contributed by atoms with Crippen LogP contribution in [0.1, 0.15) is 26.2 Å². The van der Waals surface area contributed by atoms with Crippen molar-refractivity contribution in [2.24, 2.45) is 4.99 Å². The lowest BCUT2D eigenvalue weighted by Crippen LogP contribution is -2.54. The molecule has 1 N–H and O–H groups in total. The average Bonchev–Trinajstić information content (AvgIpc) is 2.66. The summed E-state index contributed by atoms with van der Waals surface area (Å²) in [6, 6.07) is 0. The van der Waals surface area contributed by atoms with Crippen LogP contribution in [0, 0.1) is 0 Å². The predicted molar refractivity (Wildman–Crippen MR) is 95.9 cm³/mol. The van der Waals surface area contributed by atoms with Crippen LogP contribution in [0.2, 0.25) is 0 Å². The van der Waals surface area contributed by atoms with Crippen molar-refractivity contribution >= 4 is 12.1 Å². The molecular weight excluding hydrogens is 324 g/mol. The molecule has 0 radical (unpaired) electrons. The van der Waals surface area contributed by atoms with Crippen molar-refractivity contribution in [2.75, 3.05) is 66.2 Å². The van der Waals surface area contributed by atoms with Gasteiger partial charge in [-0.2, -0.15) is 0 Å². The second kappa shape index (κ2) is 11.1. The maximum absolute atomic E-state index is 11.7. The number of aliphatic imine (C=N–C) groups is 1. The second-order valence-electron chi connectivity index (χ2n) is 6.18. The topological polar surface area (TPSA) is 75.6 Å². The maximum atomic E-state index is 11.7. The van der Waals surface area contributed by atoms with Gasteiger partial charge in [0, 0.05) is 59.6 Å². The third kappa shape index (κ3) is 6.70. The van der Waals surface area contributed by atoms with E-state index < -0.39 is 0 Å². The summed E-state index contributed by atoms with van der Waals surface area (Å²) < 4.78 is 16.3. The van der Waals surface area contributed by atoms with Crippen molar-refractivity contribution in [3.63, 3.8) is 0 Å². The molecule has 2 saturated heterocycles. The summed E-state index contributed by atoms with van der Waals surface area (Å²) in [6.07, 6.45) is 3.07. The molecule has 0 atom stereocenters. The van der Waals surface area contributed by atoms with Crippen molar-refractivity contribution in [3.05, 3.63) is 0 Å². The minimum absolute atomic E-state index is 0.227. The standard InChI is InChI=1S/C17H32N4O4/c1-3-24-17(22)21-10-8-20(9-11-21)16(18-2)19-7-4-12-25-15-5-13-23-14-6-15/h15H,3-14H2,1-2H3,(H,18,19). The SMILES string of the molecule is CCOC(=O)N1CCN(C(=NC)NCCCOC2CCOCC2)CC1. The molecule has 1 amide bonds. The number of guanidine groups is 1. The largest absolute Gasteiger partial charge is 0.450 e. The van der Waals surface area contributed by atoms with E-state index in [1.165, 1.54) is 0 Å². The van der Waals surface area contributed by atoms with Crippen LogP contribution in [0.25, 0.3) is 0 Å². The fourth-order valence-electron chi connectivity index (χ4n) is 3.01. The van der Waals surface area contributed by atoms with E-state index >= 15 is 0 Å². The first-order valence-corrected chi connectivity index (χ1v) is 9.31. The Bertz CT molecular complexity index is 419. The minimum atomic E-state index is -0.227. The summed E-state index contributed by atoms with van der Waals surface area (Å²) in [5, 5.41) is 3.38. The van der Waals surface area contributed by atoms with E-state index in [1.54, 1.807) is 11.9 Å². The first-order chi connectivity index (χ1) is 12.2. The summed E-state index contributed by atoms with van der Waals surface area (Å²) >= 11 is 0. The molecule has 2 rings (SSSR count). The Balaban J connectivity index is 1.60. The summed E-state index contributed by atoms with van der Waals surface area (Å²) in [5.41, 5.74) is 0. The molecule has 8 heteroatoms. The molecule has 25 heavy (non-hydrogen) atoms. The van der Waals surface area contributed by atoms with Gasteiger partial charge in [-0.3, -0.25) is 4.99 Å². The molecule has 0 aliphatic carbocycles. The van der Waals surface area contributed by atoms with Gasteiger partial charge in [0.1, 0.15) is 0 Å². The summed E-state index contributed by atoms with van der Waals surface area (Å²) in [6.45, 7) is 8.29. The van der Waals surface area contributed by atoms with Crippen LogP contribution in [0.5, 0.6) is 0 Å². The summed E-state index contributed by atoms with van der Waals surface area (Å²) in [4.78, 5) is 20.0. The van der Waals surface area contributed by atoms with Gasteiger partial charge in [0.15, 0.2) is 5.96 Å². The number of carbonyl (C=O) groups is 1. The smallest absolute Gasteiger partial charge is 0.409 e. The molecule has 2 heterocycles. The molecule has 144 valence electrons. The highest BCUT2D eigenvalue weighted by Crippen LogP contribution is 2.10. The zero-order chi connectivity index (χ0) is 17.9. The molecule has 0 spiro atoms. The molecule has 0 aromatic heterocycles. The molecule has 0 saturated carbocycles. The number of hydrogen-bond acceptors (Lipinski definition) is 5. The highest BCUT2D eigenvalue weighted by atomic mass is 16.6. The normalized spacial score (nSPS) is 19.8. The lowest BCUT2D eigenvalue weighted by atomic mass is 10.1. The predicted octanol–water partition coefficient (Wildman–Crippen LogP) is 0.922. The molecule has 8 nitrogen and oxygen atoms in total. The quantitative estimate of drug-likeness (QED) is 0.433. The van der Waals surface area contributed by atoms with Crippen LogP contribution in [-0.4, -0.2) is 94.2 Å². The van der Waals surface area contributed by atoms with Gasteiger partial charge >= 0.3 is 6.09 Å². The van der Waals surface area contributed by atoms with Crippen LogP contribution < -0.4 is 5.32 Å². The Hall–Kier alpha value is -1.54. The molecule has 0 aromatic rings. The Kier molecular flexibility index (Phi) is 8.82. The molecular formula is C17H32N4O4. The molecule has 0 bridgehead atoms. The zero-order valence-corrected chi connectivity index (χ0v) is 15.5. The lowest BCUT2D eigenvalue weighted by molar-refractivity contribution is -0.0320. The van der Waals surface area contributed by atoms with Crippen LogP contribution in [-0.2, 0) is 14.2 Å². The van der Waals surface area contributed by atoms with E-state index in [2.05, 4.69) is 15.2 Å². The van der Waals surface area contributed by atoms with E-state index in [0.717, 1.165) is 64.7 Å². The molecule has 0 unspecified atom stereocenters. The summed E-state index contributed by atoms with van der Waals surface area (Å²) in [5.74, 6) is 0.884. The molecule has 2 aliphatic rings. The van der Waals surface area contributed by atoms with Crippen molar-refractivity contribution in [2.45, 2.75) is 32.3 Å². The van der Waals surface area contributed by atoms with Gasteiger partial charge in [-0.1, -0.05) is 0 Å². The lowest BCUT2D eigenvalue weighted by Gasteiger charge is -2.35. The fraction of sp³-hybridized carbons (Fsp3) is 0.882. The first-order valence-electron chi connectivity index (χ1n) is 9.31. The Morgan fingerprint density at radius 1 is 1.20 bits per heavy atom. The number of nitrogens with zero attached hydrogens (tertiary/aromatic N) is 3. The molecule has 2 aliphatic heterocycles. The third-order valence-electron chi connectivity index (χ3n) is 4.44. The number of carbonyl (C=O) groups excluding carboxylic acids is 1. The van der Waals surface area contributed by atoms with E-state index in [4.69, 9.17) is 14.2 Å². The van der Waals surface area contributed by atoms with Crippen LogP contribution in [0.15, 0.2) is 4.99 Å². The minimum Gasteiger partial charge on any atom is -0.450 e. The average molecular weight is 356 g/mol. The highest BCUT2D eigenvalue weighted by molar-refractivity contribution is 5.80. The van der Waals surface area contributed by atoms with Gasteiger partial charge in [0.25, 0.3) is 0 Å². The van der Waals surface area contributed by atoms with Gasteiger partial charge in [0.05, 0.1) is 12.7 Å². The first kappa shape index (κ1) is 19.8. The van der Waals surface area contributed by atoms with Crippen molar-refractivity contribution in [3.8, 4) is 0 Å². The fourth-order valence-corrected chi connectivity index (χ4v) is 3.01. The Morgan fingerprint density at radius 2 is 1.88 bits per heavy atom. The molecule has 2 fully saturated rings. The highest BCUT2D eigenvalue weighted by Gasteiger charge is 2.23. The Labute approximate surface area is 150 Å². The molecule has 0 aromatic carbocycles. The number of hydrogen-bond donors (Lipinski definition) is 1. The van der Waals surface area contributed by atoms with Crippen molar-refractivity contribution in [1.29, 1.82) is 0 Å². The number of piperazine rings is 1. The van der Waals surface area contributed by atoms with Crippen LogP contribution >= 0.6 is 0 Å². The van der Waals surface area contributed by atoms with Gasteiger partial charge in [-0.05, 0) is 26.2 Å². The van der Waals surface area contributed by atoms with Crippen molar-refractivity contribution in [1.82, 2.24) is 15.1 Å². The van der Waals surface area contributed by atoms with Gasteiger partial charge < -0.3 is 29.3 Å². The van der Waals surface area contributed by atoms with Gasteiger partial charge in [-0.15, -0.1) is 0 Å². The monoisotopic (exact) mass is 356 g/mol. The van der Waals surface area contributed by atoms with Crippen molar-refractivity contribution < 1.29 is 19.0 Å². The second-order valence-corrected chi connectivity index (χ2v) is 6.18. The Morgan fingerprint density at radius 3 is 2.52 bits per heavy atom. The maximum Gasteiger partial charge on any atom is 0.409 e. The number of nitrogens with one attached hydrogen (secondary N) is 1. The van der Waals surface area contributed by atoms with E-state index in [9.17, 15) is 4.79 Å². The number of ether oxygens (including phenoxy) is 3. The van der Waals surface area contributed by atoms with E-state index in [-0.39, 0.29) is 6.09 Å². The number of amides is 1. The third-order valence-corrected chi connectivity index (χ3v) is 4.44. The number of rotatable bonds is 6. The van der Waals surface area contributed by atoms with Crippen LogP contribution in [0.4, 0.5) is 4.79 Å². The van der Waals surface area contributed by atoms with E-state index in [1.807, 2.05) is 6.92 Å². The zero-order valence-electron chi connectivity index (χ0n) is 15.5.